The van der Waals surface area contributed by atoms with Crippen LogP contribution < -0.4 is 9.64 Å². The number of fused-ring (bicyclic) bond motifs is 2. The summed E-state index contributed by atoms with van der Waals surface area (Å²) in [6, 6.07) is 13.5. The first-order valence-corrected chi connectivity index (χ1v) is 10.9. The Bertz CT molecular complexity index is 1210. The first-order chi connectivity index (χ1) is 14.1. The number of carbonyl (C=O) groups excluding carboxylic acids is 1. The first-order valence-electron chi connectivity index (χ1n) is 9.29. The topological polar surface area (TPSA) is 58.8 Å². The van der Waals surface area contributed by atoms with Gasteiger partial charge < -0.3 is 19.0 Å². The second-order valence-corrected chi connectivity index (χ2v) is 8.80. The molecule has 29 heavy (non-hydrogen) atoms. The molecule has 1 saturated heterocycles. The maximum atomic E-state index is 12.9. The number of anilines is 1. The summed E-state index contributed by atoms with van der Waals surface area (Å²) in [4.78, 5) is 21.8. The Balaban J connectivity index is 1.31. The molecule has 148 valence electrons. The number of amides is 1. The van der Waals surface area contributed by atoms with Crippen LogP contribution in [0.25, 0.3) is 21.2 Å². The van der Waals surface area contributed by atoms with E-state index < -0.39 is 0 Å². The zero-order valence-corrected chi connectivity index (χ0v) is 18.1. The van der Waals surface area contributed by atoms with Crippen molar-refractivity contribution in [1.82, 2.24) is 9.88 Å². The summed E-state index contributed by atoms with van der Waals surface area (Å²) < 4.78 is 13.4. The molecule has 0 atom stereocenters. The average Bonchev–Trinajstić information content (AvgIpc) is 3.37. The molecule has 0 saturated carbocycles. The van der Waals surface area contributed by atoms with E-state index in [9.17, 15) is 4.79 Å². The lowest BCUT2D eigenvalue weighted by atomic mass is 10.2. The van der Waals surface area contributed by atoms with Crippen molar-refractivity contribution in [2.24, 2.45) is 0 Å². The molecule has 5 rings (SSSR count). The highest BCUT2D eigenvalue weighted by atomic mass is 79.9. The molecule has 1 aliphatic rings. The molecule has 8 heteroatoms. The Hall–Kier alpha value is -2.58. The SMILES string of the molecule is COc1cccc2cc(C(=O)N3CCN(c4nc5ccc(Br)cc5s4)CC3)oc12. The number of carbonyl (C=O) groups is 1. The zero-order chi connectivity index (χ0) is 20.0. The van der Waals surface area contributed by atoms with Crippen molar-refractivity contribution in [3.63, 3.8) is 0 Å². The van der Waals surface area contributed by atoms with Crippen molar-refractivity contribution in [2.75, 3.05) is 38.2 Å². The molecule has 1 aliphatic heterocycles. The number of rotatable bonds is 3. The summed E-state index contributed by atoms with van der Waals surface area (Å²) >= 11 is 5.19. The van der Waals surface area contributed by atoms with Gasteiger partial charge in [-0.3, -0.25) is 4.79 Å². The van der Waals surface area contributed by atoms with Gasteiger partial charge in [0.05, 0.1) is 17.3 Å². The van der Waals surface area contributed by atoms with Crippen molar-refractivity contribution in [1.29, 1.82) is 0 Å². The third-order valence-electron chi connectivity index (χ3n) is 5.12. The molecular formula is C21H18BrN3O3S. The summed E-state index contributed by atoms with van der Waals surface area (Å²) in [5.74, 6) is 0.896. The average molecular weight is 472 g/mol. The molecule has 1 fully saturated rings. The normalized spacial score (nSPS) is 14.7. The van der Waals surface area contributed by atoms with E-state index in [-0.39, 0.29) is 5.91 Å². The predicted octanol–water partition coefficient (Wildman–Crippen LogP) is 4.78. The van der Waals surface area contributed by atoms with Crippen LogP contribution in [0, 0.1) is 0 Å². The van der Waals surface area contributed by atoms with Gasteiger partial charge in [0.1, 0.15) is 0 Å². The minimum absolute atomic E-state index is 0.0869. The van der Waals surface area contributed by atoms with Gasteiger partial charge in [-0.25, -0.2) is 4.98 Å². The Morgan fingerprint density at radius 3 is 2.79 bits per heavy atom. The van der Waals surface area contributed by atoms with E-state index in [1.807, 2.05) is 35.2 Å². The lowest BCUT2D eigenvalue weighted by molar-refractivity contribution is 0.0717. The van der Waals surface area contributed by atoms with Gasteiger partial charge in [-0.1, -0.05) is 39.4 Å². The van der Waals surface area contributed by atoms with E-state index in [2.05, 4.69) is 26.9 Å². The highest BCUT2D eigenvalue weighted by molar-refractivity contribution is 9.10. The third-order valence-corrected chi connectivity index (χ3v) is 6.69. The monoisotopic (exact) mass is 471 g/mol. The number of benzene rings is 2. The molecule has 0 unspecified atom stereocenters. The molecule has 0 bridgehead atoms. The van der Waals surface area contributed by atoms with Crippen LogP contribution in [-0.4, -0.2) is 49.1 Å². The number of para-hydroxylation sites is 1. The molecule has 2 aromatic heterocycles. The summed E-state index contributed by atoms with van der Waals surface area (Å²) in [6.45, 7) is 2.76. The second-order valence-electron chi connectivity index (χ2n) is 6.88. The number of thiazole rings is 1. The van der Waals surface area contributed by atoms with Crippen molar-refractivity contribution < 1.29 is 13.9 Å². The van der Waals surface area contributed by atoms with Gasteiger partial charge in [0, 0.05) is 36.0 Å². The zero-order valence-electron chi connectivity index (χ0n) is 15.7. The Morgan fingerprint density at radius 2 is 2.00 bits per heavy atom. The van der Waals surface area contributed by atoms with E-state index >= 15 is 0 Å². The molecular weight excluding hydrogens is 454 g/mol. The van der Waals surface area contributed by atoms with Crippen molar-refractivity contribution in [3.05, 3.63) is 52.7 Å². The van der Waals surface area contributed by atoms with Gasteiger partial charge >= 0.3 is 0 Å². The fraction of sp³-hybridized carbons (Fsp3) is 0.238. The molecule has 4 aromatic rings. The second kappa shape index (κ2) is 7.35. The van der Waals surface area contributed by atoms with E-state index in [0.717, 1.165) is 38.3 Å². The summed E-state index contributed by atoms with van der Waals surface area (Å²) in [5, 5.41) is 1.87. The van der Waals surface area contributed by atoms with Gasteiger partial charge in [0.2, 0.25) is 0 Å². The van der Waals surface area contributed by atoms with E-state index in [1.165, 1.54) is 0 Å². The molecule has 0 radical (unpaired) electrons. The molecule has 0 spiro atoms. The Kier molecular flexibility index (Phi) is 4.67. The molecule has 1 amide bonds. The number of nitrogens with zero attached hydrogens (tertiary/aromatic N) is 3. The summed E-state index contributed by atoms with van der Waals surface area (Å²) in [6.07, 6.45) is 0. The first kappa shape index (κ1) is 18.4. The molecule has 2 aromatic carbocycles. The van der Waals surface area contributed by atoms with Crippen molar-refractivity contribution in [2.45, 2.75) is 0 Å². The number of halogens is 1. The lowest BCUT2D eigenvalue weighted by Crippen LogP contribution is -2.48. The smallest absolute Gasteiger partial charge is 0.289 e. The number of aromatic nitrogens is 1. The van der Waals surface area contributed by atoms with Crippen LogP contribution >= 0.6 is 27.3 Å². The number of piperazine rings is 1. The van der Waals surface area contributed by atoms with Crippen molar-refractivity contribution >= 4 is 59.5 Å². The maximum absolute atomic E-state index is 12.9. The van der Waals surface area contributed by atoms with Crippen LogP contribution in [0.4, 0.5) is 5.13 Å². The van der Waals surface area contributed by atoms with Crippen LogP contribution in [0.1, 0.15) is 10.6 Å². The van der Waals surface area contributed by atoms with Gasteiger partial charge in [-0.15, -0.1) is 0 Å². The standard InChI is InChI=1S/C21H18BrN3O3S/c1-27-16-4-2-3-13-11-17(28-19(13)16)20(26)24-7-9-25(10-8-24)21-23-15-6-5-14(22)12-18(15)29-21/h2-6,11-12H,7-10H2,1H3. The van der Waals surface area contributed by atoms with Crippen LogP contribution in [0.3, 0.4) is 0 Å². The maximum Gasteiger partial charge on any atom is 0.289 e. The van der Waals surface area contributed by atoms with Gasteiger partial charge in [0.25, 0.3) is 5.91 Å². The van der Waals surface area contributed by atoms with E-state index in [4.69, 9.17) is 14.1 Å². The van der Waals surface area contributed by atoms with Crippen LogP contribution in [-0.2, 0) is 0 Å². The van der Waals surface area contributed by atoms with Gasteiger partial charge in [0.15, 0.2) is 22.2 Å². The minimum Gasteiger partial charge on any atom is -0.493 e. The quantitative estimate of drug-likeness (QED) is 0.430. The molecule has 0 aliphatic carbocycles. The number of furan rings is 1. The summed E-state index contributed by atoms with van der Waals surface area (Å²) in [7, 11) is 1.60. The summed E-state index contributed by atoms with van der Waals surface area (Å²) in [5.41, 5.74) is 1.61. The Morgan fingerprint density at radius 1 is 1.17 bits per heavy atom. The fourth-order valence-corrected chi connectivity index (χ4v) is 5.15. The highest BCUT2D eigenvalue weighted by Gasteiger charge is 2.26. The highest BCUT2D eigenvalue weighted by Crippen LogP contribution is 2.32. The molecule has 6 nitrogen and oxygen atoms in total. The largest absolute Gasteiger partial charge is 0.493 e. The Labute approximate surface area is 179 Å². The van der Waals surface area contributed by atoms with Gasteiger partial charge in [-0.05, 0) is 30.3 Å². The molecule has 0 N–H and O–H groups in total. The van der Waals surface area contributed by atoms with Gasteiger partial charge in [-0.2, -0.15) is 0 Å². The number of hydrogen-bond acceptors (Lipinski definition) is 6. The van der Waals surface area contributed by atoms with Crippen LogP contribution in [0.5, 0.6) is 5.75 Å². The van der Waals surface area contributed by atoms with Crippen LogP contribution in [0.2, 0.25) is 0 Å². The molecule has 3 heterocycles. The lowest BCUT2D eigenvalue weighted by Gasteiger charge is -2.34. The number of ether oxygens (including phenoxy) is 1. The van der Waals surface area contributed by atoms with E-state index in [1.54, 1.807) is 24.5 Å². The van der Waals surface area contributed by atoms with Crippen molar-refractivity contribution in [3.8, 4) is 5.75 Å². The minimum atomic E-state index is -0.0869. The van der Waals surface area contributed by atoms with E-state index in [0.29, 0.717) is 30.2 Å². The predicted molar refractivity (Wildman–Crippen MR) is 118 cm³/mol. The van der Waals surface area contributed by atoms with Crippen LogP contribution in [0.15, 0.2) is 51.4 Å². The number of methoxy groups -OCH3 is 1. The third kappa shape index (κ3) is 3.36. The number of hydrogen-bond donors (Lipinski definition) is 0. The fourth-order valence-electron chi connectivity index (χ4n) is 3.58.